The summed E-state index contributed by atoms with van der Waals surface area (Å²) in [6, 6.07) is 17.2. The van der Waals surface area contributed by atoms with Gasteiger partial charge < -0.3 is 20.5 Å². The van der Waals surface area contributed by atoms with E-state index in [0.29, 0.717) is 32.8 Å². The number of anilines is 1. The topological polar surface area (TPSA) is 73.6 Å². The van der Waals surface area contributed by atoms with E-state index in [9.17, 15) is 4.79 Å². The number of hydrogen-bond donors (Lipinski definition) is 2. The number of para-hydroxylation sites is 1. The van der Waals surface area contributed by atoms with E-state index in [0.717, 1.165) is 17.0 Å². The van der Waals surface area contributed by atoms with Crippen molar-refractivity contribution in [2.24, 2.45) is 5.73 Å². The zero-order chi connectivity index (χ0) is 16.3. The number of nitrogens with two attached hydrogens (primary N) is 1. The lowest BCUT2D eigenvalue weighted by atomic mass is 10.2. The molecule has 6 heteroatoms. The van der Waals surface area contributed by atoms with E-state index < -0.39 is 0 Å². The van der Waals surface area contributed by atoms with Crippen molar-refractivity contribution in [1.82, 2.24) is 0 Å². The number of ether oxygens (including phenoxy) is 2. The van der Waals surface area contributed by atoms with E-state index in [2.05, 4.69) is 5.32 Å². The first-order chi connectivity index (χ1) is 11.3. The van der Waals surface area contributed by atoms with Gasteiger partial charge in [-0.3, -0.25) is 4.79 Å². The molecule has 0 bridgehead atoms. The molecule has 0 aliphatic carbocycles. The summed E-state index contributed by atoms with van der Waals surface area (Å²) in [5.74, 6) is 0.752. The molecule has 0 aromatic heterocycles. The monoisotopic (exact) mass is 350 g/mol. The number of benzene rings is 2. The lowest BCUT2D eigenvalue weighted by molar-refractivity contribution is -0.116. The molecular formula is C18H23ClN2O3. The molecule has 0 aliphatic rings. The number of amides is 1. The van der Waals surface area contributed by atoms with Crippen molar-refractivity contribution in [3.05, 3.63) is 60.2 Å². The molecule has 0 unspecified atom stereocenters. The van der Waals surface area contributed by atoms with Crippen molar-refractivity contribution in [3.8, 4) is 5.75 Å². The van der Waals surface area contributed by atoms with E-state index in [4.69, 9.17) is 15.2 Å². The maximum absolute atomic E-state index is 11.5. The van der Waals surface area contributed by atoms with E-state index in [1.54, 1.807) is 0 Å². The third kappa shape index (κ3) is 7.46. The molecule has 0 saturated carbocycles. The molecule has 0 spiro atoms. The number of hydrogen-bond acceptors (Lipinski definition) is 4. The summed E-state index contributed by atoms with van der Waals surface area (Å²) in [5.41, 5.74) is 7.11. The Bertz CT molecular complexity index is 608. The van der Waals surface area contributed by atoms with Crippen LogP contribution in [0.1, 0.15) is 12.0 Å². The van der Waals surface area contributed by atoms with Crippen LogP contribution in [0.2, 0.25) is 0 Å². The van der Waals surface area contributed by atoms with Crippen LogP contribution in [-0.4, -0.2) is 25.7 Å². The van der Waals surface area contributed by atoms with Crippen molar-refractivity contribution < 1.29 is 14.3 Å². The Balaban J connectivity index is 0.00000288. The Labute approximate surface area is 148 Å². The fourth-order valence-electron chi connectivity index (χ4n) is 2.02. The van der Waals surface area contributed by atoms with Crippen LogP contribution in [-0.2, 0) is 16.1 Å². The first kappa shape index (κ1) is 20.0. The molecule has 2 aromatic carbocycles. The Morgan fingerprint density at radius 3 is 2.58 bits per heavy atom. The molecule has 3 N–H and O–H groups in total. The van der Waals surface area contributed by atoms with Gasteiger partial charge in [0.1, 0.15) is 12.4 Å². The SMILES string of the molecule is Cl.NCCC(=O)Nc1cccc(COCCOc2ccccc2)c1. The van der Waals surface area contributed by atoms with Gasteiger partial charge in [0.15, 0.2) is 0 Å². The summed E-state index contributed by atoms with van der Waals surface area (Å²) < 4.78 is 11.1. The summed E-state index contributed by atoms with van der Waals surface area (Å²) in [6.07, 6.45) is 0.317. The Morgan fingerprint density at radius 1 is 1.04 bits per heavy atom. The molecule has 0 atom stereocenters. The van der Waals surface area contributed by atoms with Crippen molar-refractivity contribution in [1.29, 1.82) is 0 Å². The van der Waals surface area contributed by atoms with Gasteiger partial charge in [0.25, 0.3) is 0 Å². The number of nitrogens with one attached hydrogen (secondary N) is 1. The molecule has 0 radical (unpaired) electrons. The summed E-state index contributed by atoms with van der Waals surface area (Å²) in [7, 11) is 0. The number of rotatable bonds is 9. The van der Waals surface area contributed by atoms with E-state index in [-0.39, 0.29) is 18.3 Å². The standard InChI is InChI=1S/C18H22N2O3.ClH/c19-10-9-18(21)20-16-6-4-5-15(13-16)14-22-11-12-23-17-7-2-1-3-8-17;/h1-8,13H,9-12,14,19H2,(H,20,21);1H. The quantitative estimate of drug-likeness (QED) is 0.682. The van der Waals surface area contributed by atoms with Crippen LogP contribution in [0.25, 0.3) is 0 Å². The van der Waals surface area contributed by atoms with Crippen molar-refractivity contribution in [3.63, 3.8) is 0 Å². The minimum Gasteiger partial charge on any atom is -0.491 e. The Kier molecular flexibility index (Phi) is 9.53. The molecule has 0 aliphatic heterocycles. The first-order valence-electron chi connectivity index (χ1n) is 7.62. The summed E-state index contributed by atoms with van der Waals surface area (Å²) in [4.78, 5) is 11.5. The second-order valence-electron chi connectivity index (χ2n) is 5.00. The van der Waals surface area contributed by atoms with E-state index in [1.165, 1.54) is 0 Å². The summed E-state index contributed by atoms with van der Waals surface area (Å²) in [6.45, 7) is 1.81. The van der Waals surface area contributed by atoms with Gasteiger partial charge in [-0.05, 0) is 29.8 Å². The maximum atomic E-state index is 11.5. The summed E-state index contributed by atoms with van der Waals surface area (Å²) in [5, 5.41) is 2.81. The molecule has 130 valence electrons. The molecule has 0 heterocycles. The zero-order valence-corrected chi connectivity index (χ0v) is 14.3. The van der Waals surface area contributed by atoms with Crippen LogP contribution in [0.15, 0.2) is 54.6 Å². The number of carbonyl (C=O) groups is 1. The van der Waals surface area contributed by atoms with Gasteiger partial charge in [-0.2, -0.15) is 0 Å². The van der Waals surface area contributed by atoms with Gasteiger partial charge in [-0.1, -0.05) is 30.3 Å². The van der Waals surface area contributed by atoms with Gasteiger partial charge in [0.05, 0.1) is 13.2 Å². The molecule has 1 amide bonds. The molecule has 5 nitrogen and oxygen atoms in total. The van der Waals surface area contributed by atoms with Crippen LogP contribution in [0, 0.1) is 0 Å². The van der Waals surface area contributed by atoms with Crippen molar-refractivity contribution >= 4 is 24.0 Å². The predicted octanol–water partition coefficient (Wildman–Crippen LogP) is 2.99. The van der Waals surface area contributed by atoms with Gasteiger partial charge in [0.2, 0.25) is 5.91 Å². The largest absolute Gasteiger partial charge is 0.491 e. The molecule has 2 aromatic rings. The third-order valence-electron chi connectivity index (χ3n) is 3.09. The molecule has 0 fully saturated rings. The van der Waals surface area contributed by atoms with Gasteiger partial charge in [0, 0.05) is 18.7 Å². The summed E-state index contributed by atoms with van der Waals surface area (Å²) >= 11 is 0. The highest BCUT2D eigenvalue weighted by Gasteiger charge is 2.02. The van der Waals surface area contributed by atoms with Crippen LogP contribution in [0.4, 0.5) is 5.69 Å². The Hall–Kier alpha value is -2.08. The fourth-order valence-corrected chi connectivity index (χ4v) is 2.02. The van der Waals surface area contributed by atoms with Gasteiger partial charge >= 0.3 is 0 Å². The average molecular weight is 351 g/mol. The third-order valence-corrected chi connectivity index (χ3v) is 3.09. The zero-order valence-electron chi connectivity index (χ0n) is 13.4. The van der Waals surface area contributed by atoms with E-state index >= 15 is 0 Å². The predicted molar refractivity (Wildman–Crippen MR) is 97.6 cm³/mol. The smallest absolute Gasteiger partial charge is 0.225 e. The minimum absolute atomic E-state index is 0. The normalized spacial score (nSPS) is 9.88. The van der Waals surface area contributed by atoms with Crippen molar-refractivity contribution in [2.45, 2.75) is 13.0 Å². The van der Waals surface area contributed by atoms with Crippen LogP contribution in [0.3, 0.4) is 0 Å². The first-order valence-corrected chi connectivity index (χ1v) is 7.62. The van der Waals surface area contributed by atoms with E-state index in [1.807, 2.05) is 54.6 Å². The molecule has 0 saturated heterocycles. The highest BCUT2D eigenvalue weighted by atomic mass is 35.5. The van der Waals surface area contributed by atoms with Gasteiger partial charge in [-0.25, -0.2) is 0 Å². The van der Waals surface area contributed by atoms with Crippen LogP contribution < -0.4 is 15.8 Å². The lowest BCUT2D eigenvalue weighted by Gasteiger charge is -2.09. The number of carbonyl (C=O) groups excluding carboxylic acids is 1. The maximum Gasteiger partial charge on any atom is 0.225 e. The molecule has 2 rings (SSSR count). The highest BCUT2D eigenvalue weighted by Crippen LogP contribution is 2.12. The number of halogens is 1. The second kappa shape index (κ2) is 11.5. The van der Waals surface area contributed by atoms with Crippen LogP contribution in [0.5, 0.6) is 5.75 Å². The van der Waals surface area contributed by atoms with Crippen LogP contribution >= 0.6 is 12.4 Å². The molecular weight excluding hydrogens is 328 g/mol. The molecule has 24 heavy (non-hydrogen) atoms. The van der Waals surface area contributed by atoms with Gasteiger partial charge in [-0.15, -0.1) is 12.4 Å². The second-order valence-corrected chi connectivity index (χ2v) is 5.00. The van der Waals surface area contributed by atoms with Crippen molar-refractivity contribution in [2.75, 3.05) is 25.1 Å². The fraction of sp³-hybridized carbons (Fsp3) is 0.278. The Morgan fingerprint density at radius 2 is 1.83 bits per heavy atom. The minimum atomic E-state index is -0.0816. The highest BCUT2D eigenvalue weighted by molar-refractivity contribution is 5.90. The average Bonchev–Trinajstić information content (AvgIpc) is 2.56. The lowest BCUT2D eigenvalue weighted by Crippen LogP contribution is -2.16.